The maximum atomic E-state index is 12.3. The van der Waals surface area contributed by atoms with Gasteiger partial charge in [-0.1, -0.05) is 19.9 Å². The molecule has 0 amide bonds. The lowest BCUT2D eigenvalue weighted by atomic mass is 9.84. The molecule has 27 heavy (non-hydrogen) atoms. The number of aromatic nitrogens is 2. The second-order valence-electron chi connectivity index (χ2n) is 8.14. The Labute approximate surface area is 160 Å². The van der Waals surface area contributed by atoms with E-state index in [1.807, 2.05) is 18.2 Å². The van der Waals surface area contributed by atoms with Gasteiger partial charge in [0, 0.05) is 31.6 Å². The van der Waals surface area contributed by atoms with Crippen molar-refractivity contribution in [3.63, 3.8) is 0 Å². The van der Waals surface area contributed by atoms with Crippen LogP contribution in [0.4, 0.5) is 0 Å². The smallest absolute Gasteiger partial charge is 0.340 e. The van der Waals surface area contributed by atoms with Crippen LogP contribution in [-0.2, 0) is 11.3 Å². The van der Waals surface area contributed by atoms with E-state index in [4.69, 9.17) is 9.72 Å². The molecule has 2 aromatic rings. The van der Waals surface area contributed by atoms with E-state index in [1.54, 1.807) is 0 Å². The Bertz CT molecular complexity index is 821. The maximum absolute atomic E-state index is 12.3. The van der Waals surface area contributed by atoms with Crippen LogP contribution in [-0.4, -0.2) is 59.8 Å². The number of rotatable bonds is 6. The predicted octanol–water partition coefficient (Wildman–Crippen LogP) is 2.63. The van der Waals surface area contributed by atoms with Gasteiger partial charge in [0.25, 0.3) is 0 Å². The molecule has 6 nitrogen and oxygen atoms in total. The van der Waals surface area contributed by atoms with Crippen LogP contribution >= 0.6 is 0 Å². The lowest BCUT2D eigenvalue weighted by Crippen LogP contribution is -2.56. The Hall–Kier alpha value is -1.92. The van der Waals surface area contributed by atoms with Crippen molar-refractivity contribution in [1.29, 1.82) is 0 Å². The van der Waals surface area contributed by atoms with Gasteiger partial charge in [-0.3, -0.25) is 0 Å². The average Bonchev–Trinajstić information content (AvgIpc) is 3.07. The molecule has 1 aromatic carbocycles. The van der Waals surface area contributed by atoms with Gasteiger partial charge in [-0.2, -0.15) is 0 Å². The van der Waals surface area contributed by atoms with Gasteiger partial charge in [0.15, 0.2) is 0 Å². The molecular formula is C21H30N4O2. The number of nitrogens with zero attached hydrogens (tertiary/aromatic N) is 3. The molecule has 3 fully saturated rings. The van der Waals surface area contributed by atoms with E-state index in [9.17, 15) is 4.79 Å². The molecule has 1 N–H and O–H groups in total. The first-order valence-corrected chi connectivity index (χ1v) is 10.1. The van der Waals surface area contributed by atoms with E-state index in [-0.39, 0.29) is 5.97 Å². The van der Waals surface area contributed by atoms with E-state index >= 15 is 0 Å². The number of hydrogen-bond donors (Lipinski definition) is 1. The van der Waals surface area contributed by atoms with E-state index in [0.717, 1.165) is 35.9 Å². The molecule has 6 heteroatoms. The number of hydrogen-bond acceptors (Lipinski definition) is 5. The molecule has 0 radical (unpaired) electrons. The fourth-order valence-electron chi connectivity index (χ4n) is 4.70. The molecule has 0 spiro atoms. The Balaban J connectivity index is 1.57. The van der Waals surface area contributed by atoms with E-state index in [0.29, 0.717) is 17.5 Å². The van der Waals surface area contributed by atoms with Crippen molar-refractivity contribution in [1.82, 2.24) is 19.8 Å². The van der Waals surface area contributed by atoms with Gasteiger partial charge in [0.2, 0.25) is 0 Å². The zero-order chi connectivity index (χ0) is 19.0. The highest BCUT2D eigenvalue weighted by atomic mass is 16.5. The van der Waals surface area contributed by atoms with Crippen LogP contribution in [0.25, 0.3) is 11.0 Å². The molecule has 5 rings (SSSR count). The van der Waals surface area contributed by atoms with Crippen LogP contribution in [0.2, 0.25) is 0 Å². The molecule has 3 aliphatic heterocycles. The first kappa shape index (κ1) is 18.4. The third-order valence-corrected chi connectivity index (χ3v) is 6.12. The van der Waals surface area contributed by atoms with Gasteiger partial charge in [-0.05, 0) is 44.0 Å². The van der Waals surface area contributed by atoms with Crippen molar-refractivity contribution in [3.8, 4) is 0 Å². The Morgan fingerprint density at radius 1 is 1.33 bits per heavy atom. The number of carbonyl (C=O) groups is 1. The molecule has 4 heterocycles. The lowest BCUT2D eigenvalue weighted by Gasteiger charge is -2.45. The van der Waals surface area contributed by atoms with Crippen molar-refractivity contribution in [3.05, 3.63) is 29.6 Å². The number of carbonyl (C=O) groups excluding carboxylic acids is 1. The number of fused-ring (bicyclic) bond motifs is 4. The van der Waals surface area contributed by atoms with Gasteiger partial charge in [0.1, 0.15) is 5.82 Å². The van der Waals surface area contributed by atoms with Crippen molar-refractivity contribution >= 4 is 17.0 Å². The highest BCUT2D eigenvalue weighted by Gasteiger charge is 2.33. The number of para-hydroxylation sites is 1. The summed E-state index contributed by atoms with van der Waals surface area (Å²) in [7, 11) is 1.43. The van der Waals surface area contributed by atoms with Gasteiger partial charge in [-0.25, -0.2) is 9.78 Å². The number of nitrogens with one attached hydrogen (secondary N) is 1. The summed E-state index contributed by atoms with van der Waals surface area (Å²) in [6, 6.07) is 6.27. The molecule has 3 saturated heterocycles. The van der Waals surface area contributed by atoms with E-state index in [1.165, 1.54) is 39.6 Å². The molecule has 1 atom stereocenters. The largest absolute Gasteiger partial charge is 0.465 e. The summed E-state index contributed by atoms with van der Waals surface area (Å²) < 4.78 is 7.21. The quantitative estimate of drug-likeness (QED) is 0.792. The van der Waals surface area contributed by atoms with Crippen molar-refractivity contribution in [2.45, 2.75) is 45.2 Å². The van der Waals surface area contributed by atoms with Crippen LogP contribution in [0.3, 0.4) is 0 Å². The normalized spacial score (nSPS) is 24.7. The SMILES string of the molecule is COC(=O)c1cccc2nc(C(C)C)n(CCN[C@@H]3CN4CCC3CC4)c12. The summed E-state index contributed by atoms with van der Waals surface area (Å²) >= 11 is 0. The lowest BCUT2D eigenvalue weighted by molar-refractivity contribution is 0.0602. The summed E-state index contributed by atoms with van der Waals surface area (Å²) in [4.78, 5) is 19.7. The minimum absolute atomic E-state index is 0.291. The minimum atomic E-state index is -0.303. The van der Waals surface area contributed by atoms with E-state index in [2.05, 4.69) is 28.6 Å². The van der Waals surface area contributed by atoms with Gasteiger partial charge in [0.05, 0.1) is 23.7 Å². The van der Waals surface area contributed by atoms with Crippen molar-refractivity contribution < 1.29 is 9.53 Å². The van der Waals surface area contributed by atoms with Crippen LogP contribution in [0.15, 0.2) is 18.2 Å². The second kappa shape index (κ2) is 7.60. The minimum Gasteiger partial charge on any atom is -0.465 e. The Morgan fingerprint density at radius 3 is 2.74 bits per heavy atom. The molecule has 3 aliphatic rings. The molecule has 0 unspecified atom stereocenters. The Morgan fingerprint density at radius 2 is 2.11 bits per heavy atom. The Kier molecular flexibility index (Phi) is 5.19. The standard InChI is InChI=1S/C21H30N4O2/c1-14(2)20-23-17-6-4-5-16(21(26)27-3)19(17)25(20)12-9-22-18-13-24-10-7-15(18)8-11-24/h4-6,14-15,18,22H,7-13H2,1-3H3/t18-/m1/s1. The first-order chi connectivity index (χ1) is 13.1. The van der Waals surface area contributed by atoms with Crippen molar-refractivity contribution in [2.75, 3.05) is 33.3 Å². The second-order valence-corrected chi connectivity index (χ2v) is 8.14. The predicted molar refractivity (Wildman–Crippen MR) is 106 cm³/mol. The first-order valence-electron chi connectivity index (χ1n) is 10.1. The number of methoxy groups -OCH3 is 1. The summed E-state index contributed by atoms with van der Waals surface area (Å²) in [6.45, 7) is 9.67. The van der Waals surface area contributed by atoms with Crippen LogP contribution < -0.4 is 5.32 Å². The van der Waals surface area contributed by atoms with E-state index < -0.39 is 0 Å². The fraction of sp³-hybridized carbons (Fsp3) is 0.619. The summed E-state index contributed by atoms with van der Waals surface area (Å²) in [5.74, 6) is 1.82. The molecule has 0 aliphatic carbocycles. The van der Waals surface area contributed by atoms with Crippen LogP contribution in [0.1, 0.15) is 48.8 Å². The van der Waals surface area contributed by atoms with Gasteiger partial charge in [-0.15, -0.1) is 0 Å². The van der Waals surface area contributed by atoms with Crippen molar-refractivity contribution in [2.24, 2.45) is 5.92 Å². The van der Waals surface area contributed by atoms with Crippen LogP contribution in [0.5, 0.6) is 0 Å². The average molecular weight is 370 g/mol. The number of ether oxygens (including phenoxy) is 1. The number of imidazole rings is 1. The van der Waals surface area contributed by atoms with Gasteiger partial charge < -0.3 is 19.5 Å². The third kappa shape index (κ3) is 3.48. The van der Waals surface area contributed by atoms with Gasteiger partial charge >= 0.3 is 5.97 Å². The molecule has 2 bridgehead atoms. The zero-order valence-electron chi connectivity index (χ0n) is 16.6. The summed E-state index contributed by atoms with van der Waals surface area (Å²) in [6.07, 6.45) is 2.63. The number of benzene rings is 1. The highest BCUT2D eigenvalue weighted by Crippen LogP contribution is 2.28. The number of piperidine rings is 3. The summed E-state index contributed by atoms with van der Waals surface area (Å²) in [5, 5.41) is 3.78. The maximum Gasteiger partial charge on any atom is 0.340 e. The molecule has 1 aromatic heterocycles. The van der Waals surface area contributed by atoms with Crippen LogP contribution in [0, 0.1) is 5.92 Å². The molecular weight excluding hydrogens is 340 g/mol. The molecule has 0 saturated carbocycles. The summed E-state index contributed by atoms with van der Waals surface area (Å²) in [5.41, 5.74) is 2.35. The monoisotopic (exact) mass is 370 g/mol. The third-order valence-electron chi connectivity index (χ3n) is 6.12. The zero-order valence-corrected chi connectivity index (χ0v) is 16.6. The highest BCUT2D eigenvalue weighted by molar-refractivity contribution is 6.02. The topological polar surface area (TPSA) is 59.4 Å². The fourth-order valence-corrected chi connectivity index (χ4v) is 4.70. The number of esters is 1. The molecule has 146 valence electrons.